The molecule has 1 unspecified atom stereocenters. The van der Waals surface area contributed by atoms with Crippen LogP contribution in [-0.4, -0.2) is 28.9 Å². The largest absolute Gasteiger partial charge is 0.508 e. The standard InChI is InChI=1S/C20H29NO5/c1-13(18(23)26-20(2,3)4)17-10-9-15(22)11-14(17)12-21-19(24)25-16-7-5-6-8-16/h9-11,13,16,22H,5-8,12H2,1-4H3,(H,21,24). The van der Waals surface area contributed by atoms with Crippen LogP contribution >= 0.6 is 0 Å². The molecule has 0 aliphatic heterocycles. The molecule has 1 aliphatic carbocycles. The normalized spacial score (nSPS) is 16.2. The van der Waals surface area contributed by atoms with E-state index in [9.17, 15) is 14.7 Å². The zero-order chi connectivity index (χ0) is 19.3. The first-order valence-electron chi connectivity index (χ1n) is 9.15. The molecule has 2 rings (SSSR count). The number of rotatable bonds is 5. The highest BCUT2D eigenvalue weighted by molar-refractivity contribution is 5.78. The maximum atomic E-state index is 12.4. The second-order valence-corrected chi connectivity index (χ2v) is 7.80. The number of esters is 1. The van der Waals surface area contributed by atoms with Crippen molar-refractivity contribution >= 4 is 12.1 Å². The van der Waals surface area contributed by atoms with Crippen molar-refractivity contribution in [2.45, 2.75) is 77.5 Å². The second kappa shape index (κ2) is 8.43. The summed E-state index contributed by atoms with van der Waals surface area (Å²) in [6.45, 7) is 7.37. The summed E-state index contributed by atoms with van der Waals surface area (Å²) in [7, 11) is 0. The predicted molar refractivity (Wildman–Crippen MR) is 97.9 cm³/mol. The number of phenolic OH excluding ortho intramolecular Hbond substituents is 1. The molecule has 0 aromatic heterocycles. The quantitative estimate of drug-likeness (QED) is 0.772. The number of hydrogen-bond acceptors (Lipinski definition) is 5. The maximum absolute atomic E-state index is 12.4. The van der Waals surface area contributed by atoms with Crippen LogP contribution in [0.1, 0.15) is 70.4 Å². The van der Waals surface area contributed by atoms with Crippen molar-refractivity contribution in [3.05, 3.63) is 29.3 Å². The van der Waals surface area contributed by atoms with Crippen molar-refractivity contribution in [1.29, 1.82) is 0 Å². The average molecular weight is 363 g/mol. The van der Waals surface area contributed by atoms with E-state index in [0.717, 1.165) is 25.7 Å². The molecule has 0 heterocycles. The second-order valence-electron chi connectivity index (χ2n) is 7.80. The van der Waals surface area contributed by atoms with E-state index in [2.05, 4.69) is 5.32 Å². The maximum Gasteiger partial charge on any atom is 0.407 e. The van der Waals surface area contributed by atoms with Crippen LogP contribution in [0.25, 0.3) is 0 Å². The first-order valence-corrected chi connectivity index (χ1v) is 9.15. The third-order valence-corrected chi connectivity index (χ3v) is 4.35. The molecule has 2 N–H and O–H groups in total. The lowest BCUT2D eigenvalue weighted by Crippen LogP contribution is -2.29. The van der Waals surface area contributed by atoms with Gasteiger partial charge < -0.3 is 19.9 Å². The Morgan fingerprint density at radius 1 is 1.27 bits per heavy atom. The molecule has 0 spiro atoms. The fraction of sp³-hybridized carbons (Fsp3) is 0.600. The minimum absolute atomic E-state index is 0.0145. The van der Waals surface area contributed by atoms with E-state index in [0.29, 0.717) is 11.1 Å². The molecule has 6 heteroatoms. The Hall–Kier alpha value is -2.24. The molecule has 6 nitrogen and oxygen atoms in total. The van der Waals surface area contributed by atoms with Gasteiger partial charge in [-0.05, 0) is 76.6 Å². The van der Waals surface area contributed by atoms with E-state index in [1.807, 2.05) is 20.8 Å². The van der Waals surface area contributed by atoms with Gasteiger partial charge in [-0.25, -0.2) is 4.79 Å². The van der Waals surface area contributed by atoms with Gasteiger partial charge in [0.05, 0.1) is 5.92 Å². The van der Waals surface area contributed by atoms with Crippen molar-refractivity contribution in [3.8, 4) is 5.75 Å². The summed E-state index contributed by atoms with van der Waals surface area (Å²) in [5, 5.41) is 12.5. The Morgan fingerprint density at radius 2 is 1.92 bits per heavy atom. The highest BCUT2D eigenvalue weighted by Gasteiger charge is 2.25. The minimum atomic E-state index is -0.578. The highest BCUT2D eigenvalue weighted by Crippen LogP contribution is 2.27. The molecule has 0 bridgehead atoms. The first kappa shape index (κ1) is 20.1. The Balaban J connectivity index is 2.04. The zero-order valence-electron chi connectivity index (χ0n) is 16.0. The van der Waals surface area contributed by atoms with E-state index in [4.69, 9.17) is 9.47 Å². The number of phenols is 1. The molecule has 144 valence electrons. The molecule has 1 aromatic carbocycles. The van der Waals surface area contributed by atoms with E-state index < -0.39 is 17.6 Å². The SMILES string of the molecule is CC(C(=O)OC(C)(C)C)c1ccc(O)cc1CNC(=O)OC1CCCC1. The summed E-state index contributed by atoms with van der Waals surface area (Å²) in [6.07, 6.45) is 3.49. The smallest absolute Gasteiger partial charge is 0.407 e. The van der Waals surface area contributed by atoms with Gasteiger partial charge in [-0.1, -0.05) is 6.07 Å². The van der Waals surface area contributed by atoms with Crippen LogP contribution in [0.2, 0.25) is 0 Å². The lowest BCUT2D eigenvalue weighted by atomic mass is 9.95. The molecular formula is C20H29NO5. The number of amides is 1. The van der Waals surface area contributed by atoms with Gasteiger partial charge in [0.25, 0.3) is 0 Å². The Labute approximate surface area is 154 Å². The highest BCUT2D eigenvalue weighted by atomic mass is 16.6. The summed E-state index contributed by atoms with van der Waals surface area (Å²) >= 11 is 0. The summed E-state index contributed by atoms with van der Waals surface area (Å²) in [4.78, 5) is 24.3. The van der Waals surface area contributed by atoms with Crippen LogP contribution in [0.5, 0.6) is 5.75 Å². The monoisotopic (exact) mass is 363 g/mol. The van der Waals surface area contributed by atoms with Crippen molar-refractivity contribution in [3.63, 3.8) is 0 Å². The van der Waals surface area contributed by atoms with Crippen LogP contribution in [-0.2, 0) is 20.8 Å². The van der Waals surface area contributed by atoms with Gasteiger partial charge in [-0.3, -0.25) is 4.79 Å². The van der Waals surface area contributed by atoms with E-state index in [-0.39, 0.29) is 24.4 Å². The number of hydrogen-bond donors (Lipinski definition) is 2. The van der Waals surface area contributed by atoms with Gasteiger partial charge in [-0.2, -0.15) is 0 Å². The number of carbonyl (C=O) groups excluding carboxylic acids is 2. The number of ether oxygens (including phenoxy) is 2. The Morgan fingerprint density at radius 3 is 2.54 bits per heavy atom. The lowest BCUT2D eigenvalue weighted by molar-refractivity contribution is -0.156. The van der Waals surface area contributed by atoms with E-state index in [1.54, 1.807) is 19.1 Å². The summed E-state index contributed by atoms with van der Waals surface area (Å²) in [5.41, 5.74) is 0.788. The molecule has 1 fully saturated rings. The van der Waals surface area contributed by atoms with Gasteiger partial charge in [0.2, 0.25) is 0 Å². The number of aromatic hydroxyl groups is 1. The Bertz CT molecular complexity index is 644. The molecule has 1 aromatic rings. The van der Waals surface area contributed by atoms with Crippen molar-refractivity contribution in [1.82, 2.24) is 5.32 Å². The van der Waals surface area contributed by atoms with Gasteiger partial charge in [0.15, 0.2) is 0 Å². The number of nitrogens with one attached hydrogen (secondary N) is 1. The average Bonchev–Trinajstić information content (AvgIpc) is 3.03. The van der Waals surface area contributed by atoms with Gasteiger partial charge in [0.1, 0.15) is 17.5 Å². The van der Waals surface area contributed by atoms with Crippen molar-refractivity contribution in [2.24, 2.45) is 0 Å². The third-order valence-electron chi connectivity index (χ3n) is 4.35. The van der Waals surface area contributed by atoms with Crippen LogP contribution in [0, 0.1) is 0 Å². The van der Waals surface area contributed by atoms with Gasteiger partial charge in [0, 0.05) is 6.54 Å². The molecule has 26 heavy (non-hydrogen) atoms. The zero-order valence-corrected chi connectivity index (χ0v) is 16.0. The Kier molecular flexibility index (Phi) is 6.51. The molecule has 0 saturated heterocycles. The van der Waals surface area contributed by atoms with Crippen molar-refractivity contribution < 1.29 is 24.2 Å². The fourth-order valence-electron chi connectivity index (χ4n) is 3.05. The molecule has 1 saturated carbocycles. The number of carbonyl (C=O) groups is 2. The van der Waals surface area contributed by atoms with Gasteiger partial charge >= 0.3 is 12.1 Å². The van der Waals surface area contributed by atoms with E-state index >= 15 is 0 Å². The third kappa shape index (κ3) is 5.93. The topological polar surface area (TPSA) is 84.9 Å². The fourth-order valence-corrected chi connectivity index (χ4v) is 3.05. The van der Waals surface area contributed by atoms with Crippen LogP contribution < -0.4 is 5.32 Å². The number of alkyl carbamates (subject to hydrolysis) is 1. The van der Waals surface area contributed by atoms with Crippen LogP contribution in [0.4, 0.5) is 4.79 Å². The molecular weight excluding hydrogens is 334 g/mol. The summed E-state index contributed by atoms with van der Waals surface area (Å²) < 4.78 is 10.8. The number of benzene rings is 1. The predicted octanol–water partition coefficient (Wildman–Crippen LogP) is 4.01. The summed E-state index contributed by atoms with van der Waals surface area (Å²) in [6, 6.07) is 4.76. The first-order chi connectivity index (χ1) is 12.2. The van der Waals surface area contributed by atoms with Crippen molar-refractivity contribution in [2.75, 3.05) is 0 Å². The van der Waals surface area contributed by atoms with E-state index in [1.165, 1.54) is 6.07 Å². The van der Waals surface area contributed by atoms with Crippen LogP contribution in [0.15, 0.2) is 18.2 Å². The molecule has 1 atom stereocenters. The minimum Gasteiger partial charge on any atom is -0.508 e. The molecule has 0 radical (unpaired) electrons. The van der Waals surface area contributed by atoms with Crippen LogP contribution in [0.3, 0.4) is 0 Å². The molecule has 1 aliphatic rings. The molecule has 1 amide bonds. The summed E-state index contributed by atoms with van der Waals surface area (Å²) in [5.74, 6) is -0.790. The van der Waals surface area contributed by atoms with Gasteiger partial charge in [-0.15, -0.1) is 0 Å². The lowest BCUT2D eigenvalue weighted by Gasteiger charge is -2.23.